The van der Waals surface area contributed by atoms with E-state index < -0.39 is 5.60 Å². The van der Waals surface area contributed by atoms with Gasteiger partial charge < -0.3 is 5.11 Å². The molecule has 0 aliphatic rings. The van der Waals surface area contributed by atoms with Crippen molar-refractivity contribution in [2.24, 2.45) is 0 Å². The summed E-state index contributed by atoms with van der Waals surface area (Å²) in [7, 11) is 0. The van der Waals surface area contributed by atoms with Crippen molar-refractivity contribution in [3.05, 3.63) is 57.0 Å². The van der Waals surface area contributed by atoms with Gasteiger partial charge in [0.05, 0.1) is 9.90 Å². The maximum absolute atomic E-state index is 13.2. The second kappa shape index (κ2) is 4.77. The summed E-state index contributed by atoms with van der Waals surface area (Å²) < 4.78 is 13.2. The van der Waals surface area contributed by atoms with E-state index in [0.29, 0.717) is 21.9 Å². The quantitative estimate of drug-likeness (QED) is 0.887. The van der Waals surface area contributed by atoms with Gasteiger partial charge in [-0.3, -0.25) is 0 Å². The van der Waals surface area contributed by atoms with Gasteiger partial charge in [-0.05, 0) is 35.6 Å². The number of benzene rings is 1. The highest BCUT2D eigenvalue weighted by molar-refractivity contribution is 7.10. The number of thiophene rings is 1. The molecule has 0 fully saturated rings. The van der Waals surface area contributed by atoms with Crippen LogP contribution in [0.1, 0.15) is 23.8 Å². The molecule has 1 heterocycles. The second-order valence-electron chi connectivity index (χ2n) is 3.82. The normalized spacial score (nSPS) is 14.6. The fraction of sp³-hybridized carbons (Fsp3) is 0.231. The Kier molecular flexibility index (Phi) is 3.52. The summed E-state index contributed by atoms with van der Waals surface area (Å²) in [5.74, 6) is -0.359. The van der Waals surface area contributed by atoms with Crippen molar-refractivity contribution in [1.82, 2.24) is 0 Å². The van der Waals surface area contributed by atoms with Gasteiger partial charge in [0.25, 0.3) is 0 Å². The molecule has 1 nitrogen and oxygen atoms in total. The molecule has 0 aliphatic carbocycles. The average Bonchev–Trinajstić information content (AvgIpc) is 2.75. The largest absolute Gasteiger partial charge is 0.380 e. The number of rotatable bonds is 3. The molecular formula is C13H12ClFOS. The Hall–Kier alpha value is -0.900. The number of hydrogen-bond donors (Lipinski definition) is 1. The van der Waals surface area contributed by atoms with Crippen molar-refractivity contribution in [2.45, 2.75) is 18.9 Å². The predicted molar refractivity (Wildman–Crippen MR) is 69.0 cm³/mol. The van der Waals surface area contributed by atoms with E-state index in [1.54, 1.807) is 18.2 Å². The van der Waals surface area contributed by atoms with Gasteiger partial charge in [0, 0.05) is 0 Å². The first kappa shape index (κ1) is 12.6. The Balaban J connectivity index is 2.55. The topological polar surface area (TPSA) is 20.2 Å². The summed E-state index contributed by atoms with van der Waals surface area (Å²) in [5, 5.41) is 13.1. The Morgan fingerprint density at radius 2 is 2.18 bits per heavy atom. The lowest BCUT2D eigenvalue weighted by Gasteiger charge is -2.26. The molecule has 0 bridgehead atoms. The molecule has 1 atom stereocenters. The summed E-state index contributed by atoms with van der Waals surface area (Å²) in [6.07, 6.45) is 0.441. The molecule has 1 N–H and O–H groups in total. The predicted octanol–water partition coefficient (Wildman–Crippen LogP) is 4.19. The lowest BCUT2D eigenvalue weighted by Crippen LogP contribution is -2.25. The summed E-state index contributed by atoms with van der Waals surface area (Å²) in [5.41, 5.74) is -0.683. The van der Waals surface area contributed by atoms with Crippen LogP contribution in [0, 0.1) is 5.82 Å². The molecule has 2 rings (SSSR count). The molecular weight excluding hydrogens is 259 g/mol. The number of aliphatic hydroxyl groups is 1. The zero-order valence-electron chi connectivity index (χ0n) is 9.28. The van der Waals surface area contributed by atoms with Crippen LogP contribution in [0.2, 0.25) is 5.02 Å². The van der Waals surface area contributed by atoms with Gasteiger partial charge in [0.15, 0.2) is 0 Å². The summed E-state index contributed by atoms with van der Waals surface area (Å²) in [6.45, 7) is 1.85. The fourth-order valence-electron chi connectivity index (χ4n) is 1.83. The molecule has 0 spiro atoms. The summed E-state index contributed by atoms with van der Waals surface area (Å²) in [6, 6.07) is 7.74. The molecule has 0 radical (unpaired) electrons. The smallest absolute Gasteiger partial charge is 0.125 e. The Labute approximate surface area is 108 Å². The van der Waals surface area contributed by atoms with Crippen LogP contribution in [0.15, 0.2) is 35.7 Å². The first-order chi connectivity index (χ1) is 8.08. The maximum atomic E-state index is 13.2. The van der Waals surface area contributed by atoms with Gasteiger partial charge in [-0.15, -0.1) is 11.3 Å². The first-order valence-electron chi connectivity index (χ1n) is 5.30. The molecule has 90 valence electrons. The lowest BCUT2D eigenvalue weighted by molar-refractivity contribution is 0.0801. The SMILES string of the molecule is CCC(O)(c1cccc(F)c1)c1sccc1Cl. The highest BCUT2D eigenvalue weighted by Gasteiger charge is 2.33. The standard InChI is InChI=1S/C13H12ClFOS/c1-2-13(16,12-11(14)6-7-17-12)9-4-3-5-10(15)8-9/h3-8,16H,2H2,1H3. The van der Waals surface area contributed by atoms with Crippen molar-refractivity contribution in [2.75, 3.05) is 0 Å². The Morgan fingerprint density at radius 1 is 1.41 bits per heavy atom. The molecule has 0 saturated heterocycles. The molecule has 1 aromatic heterocycles. The van der Waals surface area contributed by atoms with Crippen LogP contribution in [0.4, 0.5) is 4.39 Å². The minimum Gasteiger partial charge on any atom is -0.380 e. The molecule has 2 aromatic rings. The molecule has 4 heteroatoms. The average molecular weight is 271 g/mol. The number of halogens is 2. The zero-order chi connectivity index (χ0) is 12.5. The summed E-state index contributed by atoms with van der Waals surface area (Å²) >= 11 is 7.43. The molecule has 0 amide bonds. The number of hydrogen-bond acceptors (Lipinski definition) is 2. The van der Waals surface area contributed by atoms with Crippen LogP contribution < -0.4 is 0 Å². The van der Waals surface area contributed by atoms with Crippen molar-refractivity contribution in [3.63, 3.8) is 0 Å². The zero-order valence-corrected chi connectivity index (χ0v) is 10.9. The van der Waals surface area contributed by atoms with Crippen molar-refractivity contribution in [3.8, 4) is 0 Å². The molecule has 1 unspecified atom stereocenters. The van der Waals surface area contributed by atoms with Gasteiger partial charge in [-0.1, -0.05) is 30.7 Å². The monoisotopic (exact) mass is 270 g/mol. The van der Waals surface area contributed by atoms with Crippen LogP contribution in [0.5, 0.6) is 0 Å². The van der Waals surface area contributed by atoms with E-state index in [1.807, 2.05) is 12.3 Å². The Bertz CT molecular complexity index is 526. The van der Waals surface area contributed by atoms with Crippen molar-refractivity contribution < 1.29 is 9.50 Å². The third kappa shape index (κ3) is 2.23. The molecule has 1 aromatic carbocycles. The Morgan fingerprint density at radius 3 is 2.71 bits per heavy atom. The summed E-state index contributed by atoms with van der Waals surface area (Å²) in [4.78, 5) is 0.660. The minimum atomic E-state index is -1.21. The van der Waals surface area contributed by atoms with Crippen LogP contribution in [0.3, 0.4) is 0 Å². The second-order valence-corrected chi connectivity index (χ2v) is 5.15. The van der Waals surface area contributed by atoms with Gasteiger partial charge >= 0.3 is 0 Å². The third-order valence-electron chi connectivity index (χ3n) is 2.81. The molecule has 0 aliphatic heterocycles. The van der Waals surface area contributed by atoms with E-state index in [-0.39, 0.29) is 5.82 Å². The van der Waals surface area contributed by atoms with E-state index in [4.69, 9.17) is 11.6 Å². The van der Waals surface area contributed by atoms with Gasteiger partial charge in [-0.25, -0.2) is 4.39 Å². The molecule has 17 heavy (non-hydrogen) atoms. The lowest BCUT2D eigenvalue weighted by atomic mass is 9.89. The fourth-order valence-corrected chi connectivity index (χ4v) is 3.24. The van der Waals surface area contributed by atoms with Crippen LogP contribution in [0.25, 0.3) is 0 Å². The van der Waals surface area contributed by atoms with E-state index in [9.17, 15) is 9.50 Å². The third-order valence-corrected chi connectivity index (χ3v) is 4.30. The van der Waals surface area contributed by atoms with E-state index in [0.717, 1.165) is 0 Å². The van der Waals surface area contributed by atoms with Gasteiger partial charge in [-0.2, -0.15) is 0 Å². The van der Waals surface area contributed by atoms with E-state index >= 15 is 0 Å². The van der Waals surface area contributed by atoms with E-state index in [1.165, 1.54) is 23.5 Å². The highest BCUT2D eigenvalue weighted by Crippen LogP contribution is 2.40. The van der Waals surface area contributed by atoms with Crippen LogP contribution >= 0.6 is 22.9 Å². The first-order valence-corrected chi connectivity index (χ1v) is 6.55. The van der Waals surface area contributed by atoms with E-state index in [2.05, 4.69) is 0 Å². The van der Waals surface area contributed by atoms with Crippen LogP contribution in [-0.4, -0.2) is 5.11 Å². The molecule has 0 saturated carbocycles. The maximum Gasteiger partial charge on any atom is 0.125 e. The van der Waals surface area contributed by atoms with Crippen molar-refractivity contribution >= 4 is 22.9 Å². The minimum absolute atomic E-state index is 0.359. The van der Waals surface area contributed by atoms with Gasteiger partial charge in [0.1, 0.15) is 11.4 Å². The van der Waals surface area contributed by atoms with Gasteiger partial charge in [0.2, 0.25) is 0 Å². The highest BCUT2D eigenvalue weighted by atomic mass is 35.5. The van der Waals surface area contributed by atoms with Crippen LogP contribution in [-0.2, 0) is 5.60 Å². The van der Waals surface area contributed by atoms with Crippen molar-refractivity contribution in [1.29, 1.82) is 0 Å².